The smallest absolute Gasteiger partial charge is 0.286 e. The van der Waals surface area contributed by atoms with Crippen molar-refractivity contribution in [2.45, 2.75) is 43.9 Å². The fourth-order valence-corrected chi connectivity index (χ4v) is 3.88. The van der Waals surface area contributed by atoms with Gasteiger partial charge in [-0.25, -0.2) is 17.8 Å². The second-order valence-electron chi connectivity index (χ2n) is 5.83. The minimum Gasteiger partial charge on any atom is -0.347 e. The SMILES string of the molecule is CN(C)C(=O)Cn1cc(C(=O)NS(=O)(=O)C2CCCCC2)nn1. The zero-order chi connectivity index (χ0) is 17.0. The zero-order valence-corrected chi connectivity index (χ0v) is 14.0. The van der Waals surface area contributed by atoms with Crippen molar-refractivity contribution >= 4 is 21.8 Å². The average molecular weight is 343 g/mol. The van der Waals surface area contributed by atoms with Gasteiger partial charge in [-0.3, -0.25) is 9.59 Å². The molecule has 128 valence electrons. The van der Waals surface area contributed by atoms with E-state index in [9.17, 15) is 18.0 Å². The minimum absolute atomic E-state index is 0.0668. The fraction of sp³-hybridized carbons (Fsp3) is 0.692. The zero-order valence-electron chi connectivity index (χ0n) is 13.2. The lowest BCUT2D eigenvalue weighted by Crippen LogP contribution is -2.39. The highest BCUT2D eigenvalue weighted by Gasteiger charge is 2.29. The number of hydrogen-bond donors (Lipinski definition) is 1. The highest BCUT2D eigenvalue weighted by atomic mass is 32.2. The van der Waals surface area contributed by atoms with Gasteiger partial charge in [-0.1, -0.05) is 24.5 Å². The van der Waals surface area contributed by atoms with E-state index in [0.717, 1.165) is 19.3 Å². The molecule has 0 spiro atoms. The lowest BCUT2D eigenvalue weighted by molar-refractivity contribution is -0.129. The van der Waals surface area contributed by atoms with E-state index in [1.54, 1.807) is 14.1 Å². The molecule has 0 aromatic carbocycles. The number of nitrogens with one attached hydrogen (secondary N) is 1. The normalized spacial score (nSPS) is 16.1. The first-order chi connectivity index (χ1) is 10.8. The third-order valence-electron chi connectivity index (χ3n) is 3.79. The highest BCUT2D eigenvalue weighted by molar-refractivity contribution is 7.90. The molecule has 0 unspecified atom stereocenters. The van der Waals surface area contributed by atoms with Crippen molar-refractivity contribution in [2.75, 3.05) is 14.1 Å². The molecule has 1 aliphatic carbocycles. The van der Waals surface area contributed by atoms with Crippen LogP contribution in [0.15, 0.2) is 6.20 Å². The molecule has 1 aromatic rings. The Morgan fingerprint density at radius 3 is 2.57 bits per heavy atom. The van der Waals surface area contributed by atoms with E-state index in [-0.39, 0.29) is 18.1 Å². The molecule has 10 heteroatoms. The number of carbonyl (C=O) groups excluding carboxylic acids is 2. The molecule has 2 rings (SSSR count). The molecule has 2 amide bonds. The summed E-state index contributed by atoms with van der Waals surface area (Å²) >= 11 is 0. The predicted molar refractivity (Wildman–Crippen MR) is 82.0 cm³/mol. The number of sulfonamides is 1. The van der Waals surface area contributed by atoms with Gasteiger partial charge < -0.3 is 4.90 Å². The summed E-state index contributed by atoms with van der Waals surface area (Å²) in [5.41, 5.74) is -0.129. The first-order valence-electron chi connectivity index (χ1n) is 7.46. The number of nitrogens with zero attached hydrogens (tertiary/aromatic N) is 4. The number of aromatic nitrogens is 3. The summed E-state index contributed by atoms with van der Waals surface area (Å²) in [6.45, 7) is -0.0668. The van der Waals surface area contributed by atoms with Crippen LogP contribution in [0.4, 0.5) is 0 Å². The molecule has 0 radical (unpaired) electrons. The molecule has 23 heavy (non-hydrogen) atoms. The van der Waals surface area contributed by atoms with Crippen molar-refractivity contribution in [2.24, 2.45) is 0 Å². The Balaban J connectivity index is 2.00. The minimum atomic E-state index is -3.71. The molecule has 1 aromatic heterocycles. The summed E-state index contributed by atoms with van der Waals surface area (Å²) in [5, 5.41) is 6.75. The molecule has 1 saturated carbocycles. The predicted octanol–water partition coefficient (Wildman–Crippen LogP) is -0.241. The molecule has 0 saturated heterocycles. The van der Waals surface area contributed by atoms with Crippen LogP contribution in [0.25, 0.3) is 0 Å². The molecule has 0 bridgehead atoms. The van der Waals surface area contributed by atoms with Crippen LogP contribution < -0.4 is 4.72 Å². The molecule has 9 nitrogen and oxygen atoms in total. The van der Waals surface area contributed by atoms with E-state index in [1.165, 1.54) is 15.8 Å². The first-order valence-corrected chi connectivity index (χ1v) is 9.00. The fourth-order valence-electron chi connectivity index (χ4n) is 2.40. The Bertz CT molecular complexity index is 676. The van der Waals surface area contributed by atoms with Gasteiger partial charge in [0.2, 0.25) is 15.9 Å². The van der Waals surface area contributed by atoms with Gasteiger partial charge in [0.25, 0.3) is 5.91 Å². The van der Waals surface area contributed by atoms with Gasteiger partial charge in [-0.05, 0) is 12.8 Å². The number of hydrogen-bond acceptors (Lipinski definition) is 6. The second kappa shape index (κ2) is 7.07. The monoisotopic (exact) mass is 343 g/mol. The Labute approximate surface area is 135 Å². The third-order valence-corrected chi connectivity index (χ3v) is 5.61. The van der Waals surface area contributed by atoms with Crippen LogP contribution >= 0.6 is 0 Å². The molecule has 1 aliphatic rings. The Kier molecular flexibility index (Phi) is 5.34. The van der Waals surface area contributed by atoms with Crippen LogP contribution in [0.5, 0.6) is 0 Å². The van der Waals surface area contributed by atoms with Gasteiger partial charge >= 0.3 is 0 Å². The van der Waals surface area contributed by atoms with Crippen molar-refractivity contribution in [3.63, 3.8) is 0 Å². The number of carbonyl (C=O) groups is 2. The van der Waals surface area contributed by atoms with E-state index >= 15 is 0 Å². The van der Waals surface area contributed by atoms with Crippen LogP contribution in [0.2, 0.25) is 0 Å². The van der Waals surface area contributed by atoms with Crippen LogP contribution in [0.1, 0.15) is 42.6 Å². The Hall–Kier alpha value is -1.97. The van der Waals surface area contributed by atoms with Crippen molar-refractivity contribution in [3.8, 4) is 0 Å². The van der Waals surface area contributed by atoms with Crippen LogP contribution in [-0.2, 0) is 21.4 Å². The van der Waals surface area contributed by atoms with Crippen LogP contribution in [0.3, 0.4) is 0 Å². The van der Waals surface area contributed by atoms with Gasteiger partial charge in [0.15, 0.2) is 5.69 Å². The van der Waals surface area contributed by atoms with Crippen molar-refractivity contribution < 1.29 is 18.0 Å². The van der Waals surface area contributed by atoms with Gasteiger partial charge in [0.1, 0.15) is 6.54 Å². The van der Waals surface area contributed by atoms with Crippen molar-refractivity contribution in [3.05, 3.63) is 11.9 Å². The van der Waals surface area contributed by atoms with E-state index in [0.29, 0.717) is 12.8 Å². The maximum Gasteiger partial charge on any atom is 0.286 e. The van der Waals surface area contributed by atoms with Crippen LogP contribution in [-0.4, -0.2) is 59.5 Å². The quantitative estimate of drug-likeness (QED) is 0.789. The molecular formula is C13H21N5O4S. The average Bonchev–Trinajstić information content (AvgIpc) is 2.96. The molecule has 1 N–H and O–H groups in total. The summed E-state index contributed by atoms with van der Waals surface area (Å²) in [7, 11) is -0.508. The van der Waals surface area contributed by atoms with E-state index in [4.69, 9.17) is 0 Å². The van der Waals surface area contributed by atoms with E-state index in [1.807, 2.05) is 0 Å². The standard InChI is InChI=1S/C13H21N5O4S/c1-17(2)12(19)9-18-8-11(14-16-18)13(20)15-23(21,22)10-6-4-3-5-7-10/h8,10H,3-7,9H2,1-2H3,(H,15,20). The first kappa shape index (κ1) is 17.4. The van der Waals surface area contributed by atoms with Crippen LogP contribution in [0, 0.1) is 0 Å². The Morgan fingerprint density at radius 2 is 1.96 bits per heavy atom. The lowest BCUT2D eigenvalue weighted by Gasteiger charge is -2.21. The second-order valence-corrected chi connectivity index (χ2v) is 7.79. The number of likely N-dealkylation sites (N-methyl/N-ethyl adjacent to an activating group) is 1. The maximum atomic E-state index is 12.2. The van der Waals surface area contributed by atoms with Crippen molar-refractivity contribution in [1.82, 2.24) is 24.6 Å². The summed E-state index contributed by atoms with van der Waals surface area (Å²) in [6.07, 6.45) is 5.10. The van der Waals surface area contributed by atoms with E-state index in [2.05, 4.69) is 15.0 Å². The largest absolute Gasteiger partial charge is 0.347 e. The number of amides is 2. The highest BCUT2D eigenvalue weighted by Crippen LogP contribution is 2.23. The molecule has 0 atom stereocenters. The lowest BCUT2D eigenvalue weighted by atomic mass is 10.0. The summed E-state index contributed by atoms with van der Waals surface area (Å²) in [6, 6.07) is 0. The third kappa shape index (κ3) is 4.50. The summed E-state index contributed by atoms with van der Waals surface area (Å²) in [5.74, 6) is -1.03. The summed E-state index contributed by atoms with van der Waals surface area (Å²) in [4.78, 5) is 25.0. The topological polar surface area (TPSA) is 114 Å². The van der Waals surface area contributed by atoms with E-state index < -0.39 is 21.2 Å². The molecule has 1 fully saturated rings. The number of rotatable bonds is 5. The maximum absolute atomic E-state index is 12.2. The van der Waals surface area contributed by atoms with Gasteiger partial charge in [-0.2, -0.15) is 0 Å². The van der Waals surface area contributed by atoms with Gasteiger partial charge in [0, 0.05) is 14.1 Å². The Morgan fingerprint density at radius 1 is 1.30 bits per heavy atom. The molecule has 1 heterocycles. The van der Waals surface area contributed by atoms with Gasteiger partial charge in [0.05, 0.1) is 11.4 Å². The molecular weight excluding hydrogens is 322 g/mol. The summed E-state index contributed by atoms with van der Waals surface area (Å²) < 4.78 is 27.6. The van der Waals surface area contributed by atoms with Gasteiger partial charge in [-0.15, -0.1) is 5.10 Å². The molecule has 0 aliphatic heterocycles. The van der Waals surface area contributed by atoms with Crippen molar-refractivity contribution in [1.29, 1.82) is 0 Å².